The van der Waals surface area contributed by atoms with Crippen molar-refractivity contribution in [2.75, 3.05) is 0 Å². The van der Waals surface area contributed by atoms with Gasteiger partial charge in [0.1, 0.15) is 0 Å². The highest BCUT2D eigenvalue weighted by Crippen LogP contribution is 2.05. The highest BCUT2D eigenvalue weighted by molar-refractivity contribution is 14.1. The molecule has 0 aliphatic rings. The Labute approximate surface area is 70.2 Å². The van der Waals surface area contributed by atoms with E-state index in [-0.39, 0.29) is 0 Å². The standard InChI is InChI=1S/C7H6BI/c8-5-6-1-3-7(9)4-2-6/h1-4H,5H2. The predicted octanol–water partition coefficient (Wildman–Crippen LogP) is 1.96. The largest absolute Gasteiger partial charge is 0.0716 e. The fourth-order valence-corrected chi connectivity index (χ4v) is 0.980. The molecule has 0 saturated heterocycles. The van der Waals surface area contributed by atoms with Gasteiger partial charge in [-0.15, -0.1) is 0 Å². The summed E-state index contributed by atoms with van der Waals surface area (Å²) < 4.78 is 1.25. The third-order valence-corrected chi connectivity index (χ3v) is 1.87. The van der Waals surface area contributed by atoms with Crippen molar-refractivity contribution in [3.8, 4) is 0 Å². The van der Waals surface area contributed by atoms with Crippen molar-refractivity contribution in [3.63, 3.8) is 0 Å². The Morgan fingerprint density at radius 2 is 1.78 bits per heavy atom. The van der Waals surface area contributed by atoms with E-state index < -0.39 is 0 Å². The summed E-state index contributed by atoms with van der Waals surface area (Å²) in [5.74, 6) is 0. The van der Waals surface area contributed by atoms with Crippen LogP contribution in [0.2, 0.25) is 0 Å². The highest BCUT2D eigenvalue weighted by Gasteiger charge is 1.85. The predicted molar refractivity (Wildman–Crippen MR) is 48.6 cm³/mol. The van der Waals surface area contributed by atoms with Crippen LogP contribution in [-0.4, -0.2) is 7.85 Å². The first-order valence-corrected chi connectivity index (χ1v) is 3.85. The molecule has 1 aromatic carbocycles. The molecule has 0 nitrogen and oxygen atoms in total. The van der Waals surface area contributed by atoms with E-state index in [2.05, 4.69) is 34.7 Å². The third kappa shape index (κ3) is 2.01. The molecule has 0 heterocycles. The molecule has 0 bridgehead atoms. The van der Waals surface area contributed by atoms with E-state index in [9.17, 15) is 0 Å². The summed E-state index contributed by atoms with van der Waals surface area (Å²) in [5.41, 5.74) is 1.19. The van der Waals surface area contributed by atoms with Gasteiger partial charge >= 0.3 is 0 Å². The number of rotatable bonds is 1. The molecule has 0 amide bonds. The molecule has 44 valence electrons. The van der Waals surface area contributed by atoms with Crippen LogP contribution in [0.4, 0.5) is 0 Å². The van der Waals surface area contributed by atoms with Crippen LogP contribution in [0.25, 0.3) is 0 Å². The lowest BCUT2D eigenvalue weighted by atomic mass is 9.97. The van der Waals surface area contributed by atoms with Crippen LogP contribution in [0.1, 0.15) is 5.56 Å². The van der Waals surface area contributed by atoms with Crippen molar-refractivity contribution < 1.29 is 0 Å². The molecule has 0 N–H and O–H groups in total. The third-order valence-electron chi connectivity index (χ3n) is 1.15. The van der Waals surface area contributed by atoms with Gasteiger partial charge in [0.15, 0.2) is 0 Å². The molecule has 1 rings (SSSR count). The Balaban J connectivity index is 2.88. The van der Waals surface area contributed by atoms with E-state index in [4.69, 9.17) is 7.85 Å². The lowest BCUT2D eigenvalue weighted by Gasteiger charge is -1.93. The van der Waals surface area contributed by atoms with E-state index in [1.54, 1.807) is 0 Å². The molecule has 0 atom stereocenters. The van der Waals surface area contributed by atoms with Gasteiger partial charge < -0.3 is 0 Å². The number of benzene rings is 1. The van der Waals surface area contributed by atoms with Crippen LogP contribution in [0.5, 0.6) is 0 Å². The van der Waals surface area contributed by atoms with Crippen molar-refractivity contribution in [2.45, 2.75) is 6.32 Å². The lowest BCUT2D eigenvalue weighted by molar-refractivity contribution is 1.39. The van der Waals surface area contributed by atoms with Crippen molar-refractivity contribution >= 4 is 30.4 Å². The van der Waals surface area contributed by atoms with E-state index in [1.165, 1.54) is 9.13 Å². The summed E-state index contributed by atoms with van der Waals surface area (Å²) in [6.07, 6.45) is 0.636. The average Bonchev–Trinajstić information content (AvgIpc) is 1.90. The fourth-order valence-electron chi connectivity index (χ4n) is 0.620. The average molecular weight is 228 g/mol. The fraction of sp³-hybridized carbons (Fsp3) is 0.143. The minimum atomic E-state index is 0.636. The second kappa shape index (κ2) is 3.25. The SMILES string of the molecule is [B]Cc1ccc(I)cc1. The maximum absolute atomic E-state index is 5.40. The Hall–Kier alpha value is 0.0149. The van der Waals surface area contributed by atoms with Crippen molar-refractivity contribution in [1.29, 1.82) is 0 Å². The maximum atomic E-state index is 5.40. The molecule has 2 heteroatoms. The first kappa shape index (κ1) is 7.13. The van der Waals surface area contributed by atoms with Crippen LogP contribution in [0.15, 0.2) is 24.3 Å². The van der Waals surface area contributed by atoms with Gasteiger partial charge in [-0.25, -0.2) is 0 Å². The maximum Gasteiger partial charge on any atom is 0.0716 e. The van der Waals surface area contributed by atoms with E-state index in [0.717, 1.165) is 0 Å². The van der Waals surface area contributed by atoms with Crippen molar-refractivity contribution in [3.05, 3.63) is 33.4 Å². The Bertz CT molecular complexity index is 181. The van der Waals surface area contributed by atoms with Crippen molar-refractivity contribution in [2.24, 2.45) is 0 Å². The molecule has 9 heavy (non-hydrogen) atoms. The van der Waals surface area contributed by atoms with Gasteiger partial charge in [-0.05, 0) is 34.7 Å². The number of halogens is 1. The number of hydrogen-bond acceptors (Lipinski definition) is 0. The quantitative estimate of drug-likeness (QED) is 0.509. The second-order valence-corrected chi connectivity index (χ2v) is 3.08. The minimum Gasteiger partial charge on any atom is -0.0643 e. The molecule has 0 saturated carbocycles. The zero-order chi connectivity index (χ0) is 6.69. The molecule has 0 aliphatic heterocycles. The smallest absolute Gasteiger partial charge is 0.0643 e. The second-order valence-electron chi connectivity index (χ2n) is 1.83. The minimum absolute atomic E-state index is 0.636. The topological polar surface area (TPSA) is 0 Å². The summed E-state index contributed by atoms with van der Waals surface area (Å²) in [6, 6.07) is 8.20. The van der Waals surface area contributed by atoms with Gasteiger partial charge in [0.05, 0.1) is 7.85 Å². The molecule has 0 fully saturated rings. The molecule has 0 spiro atoms. The van der Waals surface area contributed by atoms with Gasteiger partial charge in [0, 0.05) is 3.57 Å². The summed E-state index contributed by atoms with van der Waals surface area (Å²) in [4.78, 5) is 0. The van der Waals surface area contributed by atoms with Crippen LogP contribution in [0, 0.1) is 3.57 Å². The highest BCUT2D eigenvalue weighted by atomic mass is 127. The molecule has 0 unspecified atom stereocenters. The van der Waals surface area contributed by atoms with Crippen LogP contribution in [-0.2, 0) is 6.32 Å². The van der Waals surface area contributed by atoms with Crippen molar-refractivity contribution in [1.82, 2.24) is 0 Å². The molecule has 2 radical (unpaired) electrons. The van der Waals surface area contributed by atoms with E-state index in [1.807, 2.05) is 12.1 Å². The summed E-state index contributed by atoms with van der Waals surface area (Å²) >= 11 is 2.27. The molecule has 0 aromatic heterocycles. The lowest BCUT2D eigenvalue weighted by Crippen LogP contribution is -1.81. The Morgan fingerprint density at radius 3 is 2.22 bits per heavy atom. The zero-order valence-electron chi connectivity index (χ0n) is 4.97. The zero-order valence-corrected chi connectivity index (χ0v) is 7.13. The Kier molecular flexibility index (Phi) is 2.57. The first-order chi connectivity index (χ1) is 4.33. The van der Waals surface area contributed by atoms with E-state index in [0.29, 0.717) is 6.32 Å². The summed E-state index contributed by atoms with van der Waals surface area (Å²) in [7, 11) is 5.40. The molecule has 1 aromatic rings. The Morgan fingerprint density at radius 1 is 1.22 bits per heavy atom. The summed E-state index contributed by atoms with van der Waals surface area (Å²) in [5, 5.41) is 0. The molecule has 0 aliphatic carbocycles. The van der Waals surface area contributed by atoms with Gasteiger partial charge in [0.2, 0.25) is 0 Å². The van der Waals surface area contributed by atoms with E-state index >= 15 is 0 Å². The van der Waals surface area contributed by atoms with Gasteiger partial charge in [-0.2, -0.15) is 0 Å². The monoisotopic (exact) mass is 228 g/mol. The van der Waals surface area contributed by atoms with Gasteiger partial charge in [-0.3, -0.25) is 0 Å². The van der Waals surface area contributed by atoms with Crippen LogP contribution >= 0.6 is 22.6 Å². The van der Waals surface area contributed by atoms with Gasteiger partial charge in [0.25, 0.3) is 0 Å². The normalized spacial score (nSPS) is 9.44. The summed E-state index contributed by atoms with van der Waals surface area (Å²) in [6.45, 7) is 0. The number of hydrogen-bond donors (Lipinski definition) is 0. The van der Waals surface area contributed by atoms with Crippen LogP contribution < -0.4 is 0 Å². The van der Waals surface area contributed by atoms with Gasteiger partial charge in [-0.1, -0.05) is 24.0 Å². The van der Waals surface area contributed by atoms with Crippen LogP contribution in [0.3, 0.4) is 0 Å². The first-order valence-electron chi connectivity index (χ1n) is 2.77. The molecular formula is C7H6BI. The molecular weight excluding hydrogens is 222 g/mol.